The van der Waals surface area contributed by atoms with Crippen LogP contribution in [0.25, 0.3) is 11.3 Å². The van der Waals surface area contributed by atoms with E-state index in [2.05, 4.69) is 43.0 Å². The van der Waals surface area contributed by atoms with Crippen molar-refractivity contribution >= 4 is 0 Å². The highest BCUT2D eigenvalue weighted by molar-refractivity contribution is 5.58. The highest BCUT2D eigenvalue weighted by atomic mass is 16.3. The summed E-state index contributed by atoms with van der Waals surface area (Å²) < 4.78 is 5.42. The van der Waals surface area contributed by atoms with Gasteiger partial charge in [-0.3, -0.25) is 4.90 Å². The molecule has 0 aliphatic carbocycles. The molecule has 2 aromatic rings. The summed E-state index contributed by atoms with van der Waals surface area (Å²) in [5.74, 6) is 0.936. The van der Waals surface area contributed by atoms with E-state index < -0.39 is 0 Å². The van der Waals surface area contributed by atoms with Crippen molar-refractivity contribution in [3.05, 3.63) is 48.2 Å². The molecule has 0 saturated heterocycles. The maximum Gasteiger partial charge on any atom is 0.133 e. The van der Waals surface area contributed by atoms with E-state index in [1.807, 2.05) is 12.1 Å². The first kappa shape index (κ1) is 11.9. The summed E-state index contributed by atoms with van der Waals surface area (Å²) in [5.41, 5.74) is 2.49. The summed E-state index contributed by atoms with van der Waals surface area (Å²) in [4.78, 5) is 2.40. The fourth-order valence-corrected chi connectivity index (χ4v) is 1.97. The first-order valence-electron chi connectivity index (χ1n) is 6.18. The van der Waals surface area contributed by atoms with Crippen LogP contribution in [0.5, 0.6) is 0 Å². The molecule has 0 atom stereocenters. The third-order valence-corrected chi connectivity index (χ3v) is 3.03. The van der Waals surface area contributed by atoms with Crippen LogP contribution >= 0.6 is 0 Å². The highest BCUT2D eigenvalue weighted by Crippen LogP contribution is 2.21. The number of benzene rings is 1. The van der Waals surface area contributed by atoms with Crippen LogP contribution < -0.4 is 0 Å². The van der Waals surface area contributed by atoms with Gasteiger partial charge in [0.25, 0.3) is 0 Å². The molecular formula is C15H19NO. The van der Waals surface area contributed by atoms with Gasteiger partial charge in [-0.05, 0) is 36.9 Å². The van der Waals surface area contributed by atoms with E-state index in [-0.39, 0.29) is 0 Å². The van der Waals surface area contributed by atoms with Crippen molar-refractivity contribution in [3.8, 4) is 11.3 Å². The van der Waals surface area contributed by atoms with Gasteiger partial charge in [0.2, 0.25) is 0 Å². The van der Waals surface area contributed by atoms with E-state index in [9.17, 15) is 0 Å². The van der Waals surface area contributed by atoms with E-state index in [4.69, 9.17) is 4.42 Å². The Hall–Kier alpha value is -1.54. The van der Waals surface area contributed by atoms with Gasteiger partial charge in [-0.15, -0.1) is 0 Å². The minimum atomic E-state index is 0.936. The Morgan fingerprint density at radius 1 is 1.06 bits per heavy atom. The normalized spacial score (nSPS) is 11.0. The predicted molar refractivity (Wildman–Crippen MR) is 70.8 cm³/mol. The molecule has 2 heteroatoms. The molecule has 0 spiro atoms. The molecule has 1 aromatic heterocycles. The lowest BCUT2D eigenvalue weighted by Crippen LogP contribution is -2.22. The average Bonchev–Trinajstić information content (AvgIpc) is 2.90. The number of furan rings is 1. The zero-order chi connectivity index (χ0) is 12.1. The lowest BCUT2D eigenvalue weighted by molar-refractivity contribution is 0.296. The third-order valence-electron chi connectivity index (χ3n) is 3.03. The Kier molecular flexibility index (Phi) is 3.99. The van der Waals surface area contributed by atoms with Crippen molar-refractivity contribution in [2.45, 2.75) is 20.4 Å². The Morgan fingerprint density at radius 2 is 1.88 bits per heavy atom. The van der Waals surface area contributed by atoms with Crippen molar-refractivity contribution < 1.29 is 4.42 Å². The standard InChI is InChI=1S/C15H19NO/c1-3-16(4-2)12-13-7-5-8-14(11-13)15-9-6-10-17-15/h5-11H,3-4,12H2,1-2H3. The fraction of sp³-hybridized carbons (Fsp3) is 0.333. The second-order valence-corrected chi connectivity index (χ2v) is 4.14. The topological polar surface area (TPSA) is 16.4 Å². The van der Waals surface area contributed by atoms with Gasteiger partial charge in [0, 0.05) is 12.1 Å². The van der Waals surface area contributed by atoms with E-state index in [1.54, 1.807) is 6.26 Å². The van der Waals surface area contributed by atoms with E-state index in [0.717, 1.165) is 31.0 Å². The number of hydrogen-bond acceptors (Lipinski definition) is 2. The lowest BCUT2D eigenvalue weighted by atomic mass is 10.1. The summed E-state index contributed by atoms with van der Waals surface area (Å²) >= 11 is 0. The van der Waals surface area contributed by atoms with Gasteiger partial charge in [-0.25, -0.2) is 0 Å². The van der Waals surface area contributed by atoms with E-state index >= 15 is 0 Å². The smallest absolute Gasteiger partial charge is 0.133 e. The van der Waals surface area contributed by atoms with E-state index in [0.29, 0.717) is 0 Å². The van der Waals surface area contributed by atoms with Crippen molar-refractivity contribution in [1.82, 2.24) is 4.90 Å². The van der Waals surface area contributed by atoms with Gasteiger partial charge in [0.15, 0.2) is 0 Å². The minimum absolute atomic E-state index is 0.936. The Labute approximate surface area is 103 Å². The fourth-order valence-electron chi connectivity index (χ4n) is 1.97. The highest BCUT2D eigenvalue weighted by Gasteiger charge is 2.04. The van der Waals surface area contributed by atoms with Crippen LogP contribution in [0.1, 0.15) is 19.4 Å². The molecule has 1 aromatic carbocycles. The van der Waals surface area contributed by atoms with Crippen molar-refractivity contribution in [1.29, 1.82) is 0 Å². The largest absolute Gasteiger partial charge is 0.464 e. The van der Waals surface area contributed by atoms with Crippen LogP contribution in [-0.4, -0.2) is 18.0 Å². The average molecular weight is 229 g/mol. The van der Waals surface area contributed by atoms with Gasteiger partial charge >= 0.3 is 0 Å². The minimum Gasteiger partial charge on any atom is -0.464 e. The first-order chi connectivity index (χ1) is 8.33. The molecule has 1 heterocycles. The quantitative estimate of drug-likeness (QED) is 0.775. The molecular weight excluding hydrogens is 210 g/mol. The van der Waals surface area contributed by atoms with Crippen LogP contribution in [0.15, 0.2) is 47.1 Å². The van der Waals surface area contributed by atoms with Crippen LogP contribution in [0.4, 0.5) is 0 Å². The Morgan fingerprint density at radius 3 is 2.53 bits per heavy atom. The van der Waals surface area contributed by atoms with Crippen LogP contribution in [-0.2, 0) is 6.54 Å². The molecule has 0 aliphatic rings. The third kappa shape index (κ3) is 2.98. The van der Waals surface area contributed by atoms with Gasteiger partial charge < -0.3 is 4.42 Å². The van der Waals surface area contributed by atoms with Crippen molar-refractivity contribution in [3.63, 3.8) is 0 Å². The SMILES string of the molecule is CCN(CC)Cc1cccc(-c2ccco2)c1. The van der Waals surface area contributed by atoms with Gasteiger partial charge in [-0.2, -0.15) is 0 Å². The summed E-state index contributed by atoms with van der Waals surface area (Å²) in [6.45, 7) is 7.56. The lowest BCUT2D eigenvalue weighted by Gasteiger charge is -2.18. The molecule has 0 aliphatic heterocycles. The predicted octanol–water partition coefficient (Wildman–Crippen LogP) is 3.79. The monoisotopic (exact) mass is 229 g/mol. The maximum atomic E-state index is 5.42. The summed E-state index contributed by atoms with van der Waals surface area (Å²) in [6.07, 6.45) is 1.71. The molecule has 17 heavy (non-hydrogen) atoms. The van der Waals surface area contributed by atoms with Crippen molar-refractivity contribution in [2.75, 3.05) is 13.1 Å². The molecule has 2 nitrogen and oxygen atoms in total. The van der Waals surface area contributed by atoms with Crippen LogP contribution in [0.3, 0.4) is 0 Å². The van der Waals surface area contributed by atoms with Crippen LogP contribution in [0.2, 0.25) is 0 Å². The molecule has 2 rings (SSSR count). The maximum absolute atomic E-state index is 5.42. The molecule has 0 unspecified atom stereocenters. The number of nitrogens with zero attached hydrogens (tertiary/aromatic N) is 1. The molecule has 0 radical (unpaired) electrons. The summed E-state index contributed by atoms with van der Waals surface area (Å²) in [6, 6.07) is 12.5. The van der Waals surface area contributed by atoms with Gasteiger partial charge in [-0.1, -0.05) is 32.0 Å². The number of hydrogen-bond donors (Lipinski definition) is 0. The zero-order valence-electron chi connectivity index (χ0n) is 10.5. The summed E-state index contributed by atoms with van der Waals surface area (Å²) in [5, 5.41) is 0. The van der Waals surface area contributed by atoms with Gasteiger partial charge in [0.1, 0.15) is 5.76 Å². The van der Waals surface area contributed by atoms with Crippen molar-refractivity contribution in [2.24, 2.45) is 0 Å². The Bertz CT molecular complexity index is 444. The second kappa shape index (κ2) is 5.69. The molecule has 0 amide bonds. The zero-order valence-corrected chi connectivity index (χ0v) is 10.5. The Balaban J connectivity index is 2.17. The van der Waals surface area contributed by atoms with Gasteiger partial charge in [0.05, 0.1) is 6.26 Å². The molecule has 0 fully saturated rings. The first-order valence-corrected chi connectivity index (χ1v) is 6.18. The van der Waals surface area contributed by atoms with E-state index in [1.165, 1.54) is 5.56 Å². The molecule has 0 N–H and O–H groups in total. The number of rotatable bonds is 5. The second-order valence-electron chi connectivity index (χ2n) is 4.14. The molecule has 0 bridgehead atoms. The molecule has 90 valence electrons. The molecule has 0 saturated carbocycles. The summed E-state index contributed by atoms with van der Waals surface area (Å²) in [7, 11) is 0. The van der Waals surface area contributed by atoms with Crippen LogP contribution in [0, 0.1) is 0 Å².